The molecular formula is C54H84O6S. The van der Waals surface area contributed by atoms with E-state index in [0.29, 0.717) is 39.6 Å². The average Bonchev–Trinajstić information content (AvgIpc) is 3.27. The van der Waals surface area contributed by atoms with Gasteiger partial charge in [0, 0.05) is 0 Å². The third-order valence-electron chi connectivity index (χ3n) is 11.7. The third kappa shape index (κ3) is 17.1. The Morgan fingerprint density at radius 2 is 0.443 bits per heavy atom. The van der Waals surface area contributed by atoms with E-state index in [-0.39, 0.29) is 0 Å². The van der Waals surface area contributed by atoms with Crippen LogP contribution >= 0.6 is 12.6 Å². The van der Waals surface area contributed by atoms with Gasteiger partial charge in [-0.25, -0.2) is 0 Å². The second-order valence-corrected chi connectivity index (χ2v) is 17.5. The number of benzene rings is 4. The van der Waals surface area contributed by atoms with E-state index in [2.05, 4.69) is 83.6 Å². The number of rotatable bonds is 37. The van der Waals surface area contributed by atoms with E-state index in [0.717, 1.165) is 156 Å². The van der Waals surface area contributed by atoms with Crippen LogP contribution in [-0.4, -0.2) is 45.4 Å². The Kier molecular flexibility index (Phi) is 25.5. The van der Waals surface area contributed by atoms with Crippen molar-refractivity contribution in [3.63, 3.8) is 0 Å². The van der Waals surface area contributed by atoms with Crippen LogP contribution in [-0.2, 0) is 0 Å². The lowest BCUT2D eigenvalue weighted by atomic mass is 9.93. The fraction of sp³-hybridized carbons (Fsp3) is 0.667. The van der Waals surface area contributed by atoms with Gasteiger partial charge in [0.25, 0.3) is 0 Å². The molecule has 0 radical (unpaired) electrons. The molecule has 0 heterocycles. The maximum absolute atomic E-state index is 6.66. The van der Waals surface area contributed by atoms with E-state index in [1.807, 2.05) is 0 Å². The van der Waals surface area contributed by atoms with E-state index in [4.69, 9.17) is 28.4 Å². The summed E-state index contributed by atoms with van der Waals surface area (Å²) >= 11 is 4.42. The zero-order valence-electron chi connectivity index (χ0n) is 39.3. The summed E-state index contributed by atoms with van der Waals surface area (Å²) in [5.74, 6) is 5.77. The molecule has 0 bridgehead atoms. The van der Waals surface area contributed by atoms with Gasteiger partial charge in [-0.15, -0.1) is 0 Å². The predicted molar refractivity (Wildman–Crippen MR) is 265 cm³/mol. The number of hydrogen-bond donors (Lipinski definition) is 1. The molecule has 0 fully saturated rings. The summed E-state index contributed by atoms with van der Waals surface area (Å²) in [5, 5.41) is 6.67. The van der Waals surface area contributed by atoms with Gasteiger partial charge in [0.1, 0.15) is 0 Å². The Hall–Kier alpha value is -3.19. The highest BCUT2D eigenvalue weighted by molar-refractivity contribution is 7.80. The van der Waals surface area contributed by atoms with Crippen LogP contribution in [0.25, 0.3) is 32.3 Å². The first-order chi connectivity index (χ1) is 30.1. The molecule has 4 rings (SSSR count). The molecule has 4 aromatic carbocycles. The Morgan fingerprint density at radius 3 is 0.623 bits per heavy atom. The van der Waals surface area contributed by atoms with Crippen LogP contribution in [0.1, 0.15) is 189 Å². The zero-order chi connectivity index (χ0) is 43.3. The largest absolute Gasteiger partial charge is 0.490 e. The van der Waals surface area contributed by atoms with Crippen molar-refractivity contribution in [3.8, 4) is 34.5 Å². The van der Waals surface area contributed by atoms with Crippen molar-refractivity contribution in [1.82, 2.24) is 0 Å². The molecular weight excluding hydrogens is 777 g/mol. The number of unbranched alkanes of at least 4 members (excludes halogenated alkanes) is 18. The van der Waals surface area contributed by atoms with Crippen LogP contribution in [0.2, 0.25) is 0 Å². The molecule has 0 saturated carbocycles. The molecule has 0 aliphatic heterocycles. The molecule has 4 aromatic rings. The van der Waals surface area contributed by atoms with Crippen LogP contribution in [0.15, 0.2) is 36.4 Å². The van der Waals surface area contributed by atoms with Crippen molar-refractivity contribution in [2.75, 3.05) is 45.4 Å². The normalized spacial score (nSPS) is 11.5. The van der Waals surface area contributed by atoms with Crippen molar-refractivity contribution < 1.29 is 28.4 Å². The van der Waals surface area contributed by atoms with Crippen LogP contribution in [0.3, 0.4) is 0 Å². The van der Waals surface area contributed by atoms with E-state index < -0.39 is 0 Å². The van der Waals surface area contributed by atoms with Gasteiger partial charge in [0.05, 0.1) is 39.6 Å². The van der Waals surface area contributed by atoms with Crippen LogP contribution < -0.4 is 28.4 Å². The van der Waals surface area contributed by atoms with Crippen molar-refractivity contribution in [3.05, 3.63) is 36.4 Å². The first-order valence-electron chi connectivity index (χ1n) is 25.0. The zero-order valence-corrected chi connectivity index (χ0v) is 40.2. The third-order valence-corrected chi connectivity index (χ3v) is 12.0. The molecule has 0 N–H and O–H groups in total. The Balaban J connectivity index is 1.94. The van der Waals surface area contributed by atoms with E-state index in [1.54, 1.807) is 0 Å². The lowest BCUT2D eigenvalue weighted by Crippen LogP contribution is -2.05. The van der Waals surface area contributed by atoms with Gasteiger partial charge in [-0.05, 0) is 119 Å². The van der Waals surface area contributed by atoms with Gasteiger partial charge < -0.3 is 28.4 Å². The molecule has 0 unspecified atom stereocenters. The monoisotopic (exact) mass is 861 g/mol. The molecule has 342 valence electrons. The van der Waals surface area contributed by atoms with Crippen molar-refractivity contribution in [1.29, 1.82) is 0 Å². The number of thiol groups is 1. The topological polar surface area (TPSA) is 55.4 Å². The first kappa shape index (κ1) is 50.5. The number of fused-ring (bicyclic) bond motifs is 6. The number of ether oxygens (including phenoxy) is 6. The van der Waals surface area contributed by atoms with Gasteiger partial charge >= 0.3 is 0 Å². The summed E-state index contributed by atoms with van der Waals surface area (Å²) in [4.78, 5) is 0. The van der Waals surface area contributed by atoms with E-state index >= 15 is 0 Å². The Morgan fingerprint density at radius 1 is 0.262 bits per heavy atom. The fourth-order valence-corrected chi connectivity index (χ4v) is 8.22. The molecule has 61 heavy (non-hydrogen) atoms. The molecule has 0 spiro atoms. The van der Waals surface area contributed by atoms with Crippen LogP contribution in [0.4, 0.5) is 0 Å². The van der Waals surface area contributed by atoms with Crippen LogP contribution in [0, 0.1) is 0 Å². The Labute approximate surface area is 376 Å². The summed E-state index contributed by atoms with van der Waals surface area (Å²) in [6, 6.07) is 13.4. The Bertz CT molecular complexity index is 1740. The molecule has 6 nitrogen and oxygen atoms in total. The van der Waals surface area contributed by atoms with Gasteiger partial charge in [0.2, 0.25) is 0 Å². The second kappa shape index (κ2) is 30.8. The van der Waals surface area contributed by atoms with E-state index in [9.17, 15) is 0 Å². The minimum absolute atomic E-state index is 0.646. The highest BCUT2D eigenvalue weighted by Gasteiger charge is 2.21. The van der Waals surface area contributed by atoms with Gasteiger partial charge in [-0.3, -0.25) is 0 Å². The lowest BCUT2D eigenvalue weighted by molar-refractivity contribution is 0.259. The first-order valence-corrected chi connectivity index (χ1v) is 25.7. The molecule has 0 aliphatic carbocycles. The van der Waals surface area contributed by atoms with Crippen LogP contribution in [0.5, 0.6) is 34.5 Å². The summed E-state index contributed by atoms with van der Waals surface area (Å²) in [6.45, 7) is 15.2. The highest BCUT2D eigenvalue weighted by atomic mass is 32.1. The summed E-state index contributed by atoms with van der Waals surface area (Å²) in [6.07, 6.45) is 27.4. The molecule has 0 amide bonds. The molecule has 0 saturated heterocycles. The summed E-state index contributed by atoms with van der Waals surface area (Å²) < 4.78 is 39.9. The standard InChI is InChI=1S/C54H84O6S/c1-6-11-16-23-30-55-49-37-43-44-38-50(56-31-24-17-12-7-2)52(58-33-26-19-14-9-4)40-46(44)48-42-54(60-35-28-21-22-29-36-61)53(59-34-27-20-15-10-5)41-47(48)45(43)39-51(49)57-32-25-18-13-8-3/h37-42,61H,6-36H2,1-5H3. The van der Waals surface area contributed by atoms with E-state index in [1.165, 1.54) is 70.6 Å². The fourth-order valence-electron chi connectivity index (χ4n) is 8.00. The number of hydrogen-bond acceptors (Lipinski definition) is 7. The van der Waals surface area contributed by atoms with Gasteiger partial charge in [0.15, 0.2) is 34.5 Å². The molecule has 0 aromatic heterocycles. The lowest BCUT2D eigenvalue weighted by Gasteiger charge is -2.21. The van der Waals surface area contributed by atoms with Crippen molar-refractivity contribution in [2.24, 2.45) is 0 Å². The van der Waals surface area contributed by atoms with Crippen molar-refractivity contribution >= 4 is 44.9 Å². The average molecular weight is 861 g/mol. The predicted octanol–water partition coefficient (Wildman–Crippen LogP) is 16.8. The highest BCUT2D eigenvalue weighted by Crippen LogP contribution is 2.47. The smallest absolute Gasteiger partial charge is 0.161 e. The van der Waals surface area contributed by atoms with Gasteiger partial charge in [-0.1, -0.05) is 144 Å². The minimum atomic E-state index is 0.646. The SMILES string of the molecule is CCCCCCOc1cc2c3cc(OCCCCCC)c(OCCCCCC)cc3c3cc(OCCCCCCS)c(OCCCCCC)cc3c2cc1OCCCCCC. The molecule has 7 heteroatoms. The molecule has 0 aliphatic rings. The van der Waals surface area contributed by atoms with Gasteiger partial charge in [-0.2, -0.15) is 12.6 Å². The maximum Gasteiger partial charge on any atom is 0.161 e. The summed E-state index contributed by atoms with van der Waals surface area (Å²) in [5.41, 5.74) is 0. The second-order valence-electron chi connectivity index (χ2n) is 17.1. The minimum Gasteiger partial charge on any atom is -0.490 e. The molecule has 0 atom stereocenters. The quantitative estimate of drug-likeness (QED) is 0.0277. The maximum atomic E-state index is 6.66. The summed E-state index contributed by atoms with van der Waals surface area (Å²) in [7, 11) is 0. The van der Waals surface area contributed by atoms with Crippen molar-refractivity contribution in [2.45, 2.75) is 189 Å².